The first kappa shape index (κ1) is 16.8. The molecule has 1 saturated carbocycles. The Balaban J connectivity index is 1.68. The van der Waals surface area contributed by atoms with Gasteiger partial charge in [0.2, 0.25) is 17.2 Å². The van der Waals surface area contributed by atoms with E-state index >= 15 is 0 Å². The summed E-state index contributed by atoms with van der Waals surface area (Å²) < 4.78 is 5.43. The van der Waals surface area contributed by atoms with Crippen molar-refractivity contribution in [1.29, 1.82) is 0 Å². The standard InChI is InChI=1S/C17H22ClN5O/c1-2-24-14-10-8-13(9-11-14)20-17-22-15(18)21-16(23-17)19-12-6-4-3-5-7-12/h8-12H,2-7H2,1H3,(H2,19,20,21,22,23). The number of hydrogen-bond acceptors (Lipinski definition) is 6. The Morgan fingerprint density at radius 1 is 1.04 bits per heavy atom. The molecule has 7 heteroatoms. The van der Waals surface area contributed by atoms with Crippen molar-refractivity contribution in [2.24, 2.45) is 0 Å². The molecule has 0 spiro atoms. The summed E-state index contributed by atoms with van der Waals surface area (Å²) >= 11 is 6.04. The Kier molecular flexibility index (Phi) is 5.69. The lowest BCUT2D eigenvalue weighted by atomic mass is 9.96. The van der Waals surface area contributed by atoms with Crippen molar-refractivity contribution < 1.29 is 4.74 Å². The van der Waals surface area contributed by atoms with E-state index in [-0.39, 0.29) is 5.28 Å². The zero-order valence-corrected chi connectivity index (χ0v) is 14.5. The van der Waals surface area contributed by atoms with Crippen molar-refractivity contribution in [1.82, 2.24) is 15.0 Å². The van der Waals surface area contributed by atoms with Gasteiger partial charge in [0.25, 0.3) is 0 Å². The molecule has 1 aromatic heterocycles. The Morgan fingerprint density at radius 3 is 2.46 bits per heavy atom. The molecule has 6 nitrogen and oxygen atoms in total. The summed E-state index contributed by atoms with van der Waals surface area (Å²) in [6.45, 7) is 2.60. The minimum Gasteiger partial charge on any atom is -0.494 e. The van der Waals surface area contributed by atoms with E-state index in [1.54, 1.807) is 0 Å². The van der Waals surface area contributed by atoms with Gasteiger partial charge in [-0.25, -0.2) is 0 Å². The van der Waals surface area contributed by atoms with Crippen LogP contribution in [0.25, 0.3) is 0 Å². The van der Waals surface area contributed by atoms with Crippen LogP contribution in [-0.2, 0) is 0 Å². The van der Waals surface area contributed by atoms with Gasteiger partial charge in [-0.15, -0.1) is 0 Å². The molecule has 3 rings (SSSR count). The van der Waals surface area contributed by atoms with Crippen molar-refractivity contribution in [2.75, 3.05) is 17.2 Å². The lowest BCUT2D eigenvalue weighted by Gasteiger charge is -2.22. The summed E-state index contributed by atoms with van der Waals surface area (Å²) in [4.78, 5) is 12.7. The van der Waals surface area contributed by atoms with Gasteiger partial charge in [-0.05, 0) is 55.6 Å². The molecule has 0 unspecified atom stereocenters. The van der Waals surface area contributed by atoms with E-state index in [1.807, 2.05) is 31.2 Å². The number of nitrogens with one attached hydrogen (secondary N) is 2. The van der Waals surface area contributed by atoms with Gasteiger partial charge in [0, 0.05) is 11.7 Å². The highest BCUT2D eigenvalue weighted by Gasteiger charge is 2.15. The summed E-state index contributed by atoms with van der Waals surface area (Å²) in [5.74, 6) is 1.78. The predicted molar refractivity (Wildman–Crippen MR) is 96.2 cm³/mol. The summed E-state index contributed by atoms with van der Waals surface area (Å²) in [6, 6.07) is 8.04. The third kappa shape index (κ3) is 4.71. The van der Waals surface area contributed by atoms with E-state index in [4.69, 9.17) is 16.3 Å². The lowest BCUT2D eigenvalue weighted by Crippen LogP contribution is -2.23. The molecular weight excluding hydrogens is 326 g/mol. The van der Waals surface area contributed by atoms with E-state index in [2.05, 4.69) is 25.6 Å². The van der Waals surface area contributed by atoms with Crippen LogP contribution in [-0.4, -0.2) is 27.6 Å². The fourth-order valence-electron chi connectivity index (χ4n) is 2.83. The average molecular weight is 348 g/mol. The zero-order chi connectivity index (χ0) is 16.8. The Bertz CT molecular complexity index is 659. The molecule has 0 radical (unpaired) electrons. The number of anilines is 3. The van der Waals surface area contributed by atoms with Crippen LogP contribution in [0.15, 0.2) is 24.3 Å². The molecule has 0 aliphatic heterocycles. The summed E-state index contributed by atoms with van der Waals surface area (Å²) in [6.07, 6.45) is 6.08. The molecular formula is C17H22ClN5O. The topological polar surface area (TPSA) is 72.0 Å². The largest absolute Gasteiger partial charge is 0.494 e. The Hall–Kier alpha value is -2.08. The second kappa shape index (κ2) is 8.15. The summed E-state index contributed by atoms with van der Waals surface area (Å²) in [5, 5.41) is 6.69. The molecule has 1 aliphatic carbocycles. The van der Waals surface area contributed by atoms with E-state index in [0.29, 0.717) is 24.5 Å². The van der Waals surface area contributed by atoms with Crippen LogP contribution in [0.4, 0.5) is 17.6 Å². The molecule has 2 aromatic rings. The monoisotopic (exact) mass is 347 g/mol. The zero-order valence-electron chi connectivity index (χ0n) is 13.8. The molecule has 1 aromatic carbocycles. The van der Waals surface area contributed by atoms with Crippen LogP contribution in [0.5, 0.6) is 5.75 Å². The van der Waals surface area contributed by atoms with Gasteiger partial charge in [0.05, 0.1) is 6.61 Å². The SMILES string of the molecule is CCOc1ccc(Nc2nc(Cl)nc(NC3CCCCC3)n2)cc1. The number of halogens is 1. The highest BCUT2D eigenvalue weighted by molar-refractivity contribution is 6.28. The molecule has 1 heterocycles. The van der Waals surface area contributed by atoms with Crippen molar-refractivity contribution in [2.45, 2.75) is 45.1 Å². The fourth-order valence-corrected chi connectivity index (χ4v) is 2.99. The van der Waals surface area contributed by atoms with Gasteiger partial charge >= 0.3 is 0 Å². The maximum absolute atomic E-state index is 6.04. The Labute approximate surface area is 147 Å². The second-order valence-corrected chi connectivity index (χ2v) is 6.15. The van der Waals surface area contributed by atoms with E-state index < -0.39 is 0 Å². The average Bonchev–Trinajstić information content (AvgIpc) is 2.57. The van der Waals surface area contributed by atoms with Crippen molar-refractivity contribution in [3.05, 3.63) is 29.5 Å². The third-order valence-corrected chi connectivity index (χ3v) is 4.14. The van der Waals surface area contributed by atoms with Crippen molar-refractivity contribution in [3.63, 3.8) is 0 Å². The molecule has 0 bridgehead atoms. The number of ether oxygens (including phenoxy) is 1. The number of rotatable bonds is 6. The van der Waals surface area contributed by atoms with Crippen molar-refractivity contribution in [3.8, 4) is 5.75 Å². The van der Waals surface area contributed by atoms with Crippen LogP contribution < -0.4 is 15.4 Å². The first-order valence-corrected chi connectivity index (χ1v) is 8.79. The molecule has 1 aliphatic rings. The highest BCUT2D eigenvalue weighted by Crippen LogP contribution is 2.22. The molecule has 24 heavy (non-hydrogen) atoms. The first-order valence-electron chi connectivity index (χ1n) is 8.41. The number of benzene rings is 1. The van der Waals surface area contributed by atoms with E-state index in [0.717, 1.165) is 24.3 Å². The highest BCUT2D eigenvalue weighted by atomic mass is 35.5. The lowest BCUT2D eigenvalue weighted by molar-refractivity contribution is 0.340. The first-order chi connectivity index (χ1) is 11.7. The summed E-state index contributed by atoms with van der Waals surface area (Å²) in [7, 11) is 0. The molecule has 2 N–H and O–H groups in total. The molecule has 0 saturated heterocycles. The molecule has 128 valence electrons. The van der Waals surface area contributed by atoms with Gasteiger partial charge < -0.3 is 15.4 Å². The van der Waals surface area contributed by atoms with Gasteiger partial charge in [0.1, 0.15) is 5.75 Å². The molecule has 1 fully saturated rings. The van der Waals surface area contributed by atoms with E-state index in [9.17, 15) is 0 Å². The maximum Gasteiger partial charge on any atom is 0.233 e. The van der Waals surface area contributed by atoms with Crippen LogP contribution in [0.1, 0.15) is 39.0 Å². The quantitative estimate of drug-likeness (QED) is 0.806. The molecule has 0 atom stereocenters. The number of aromatic nitrogens is 3. The smallest absolute Gasteiger partial charge is 0.233 e. The molecule has 0 amide bonds. The number of nitrogens with zero attached hydrogens (tertiary/aromatic N) is 3. The van der Waals surface area contributed by atoms with Gasteiger partial charge in [-0.1, -0.05) is 19.3 Å². The van der Waals surface area contributed by atoms with E-state index in [1.165, 1.54) is 19.3 Å². The van der Waals surface area contributed by atoms with Crippen LogP contribution in [0.2, 0.25) is 5.28 Å². The fraction of sp³-hybridized carbons (Fsp3) is 0.471. The van der Waals surface area contributed by atoms with Gasteiger partial charge in [-0.3, -0.25) is 0 Å². The third-order valence-electron chi connectivity index (χ3n) is 3.97. The van der Waals surface area contributed by atoms with Crippen LogP contribution in [0.3, 0.4) is 0 Å². The number of hydrogen-bond donors (Lipinski definition) is 2. The predicted octanol–water partition coefficient (Wildman–Crippen LogP) is 4.41. The minimum absolute atomic E-state index is 0.178. The minimum atomic E-state index is 0.178. The maximum atomic E-state index is 6.04. The second-order valence-electron chi connectivity index (χ2n) is 5.81. The van der Waals surface area contributed by atoms with Gasteiger partial charge in [-0.2, -0.15) is 15.0 Å². The Morgan fingerprint density at radius 2 is 1.75 bits per heavy atom. The summed E-state index contributed by atoms with van der Waals surface area (Å²) in [5.41, 5.74) is 0.865. The normalized spacial score (nSPS) is 15.1. The van der Waals surface area contributed by atoms with Gasteiger partial charge in [0.15, 0.2) is 0 Å². The van der Waals surface area contributed by atoms with Crippen molar-refractivity contribution >= 4 is 29.2 Å². The van der Waals surface area contributed by atoms with Crippen LogP contribution in [0, 0.1) is 0 Å². The van der Waals surface area contributed by atoms with Crippen LogP contribution >= 0.6 is 11.6 Å².